The number of hydrogen-bond donors (Lipinski definition) is 2. The van der Waals surface area contributed by atoms with Crippen LogP contribution in [0.4, 0.5) is 17.5 Å². The standard InChI is InChI=1S/C18H21ClN4O2/c1-11-9-12(2)16(14(19)10-11)22-18-20-6-3-15(21-18)23-7-4-13(5-8-23)17(24)25/h3,6,9-10,13H,4-5,7-8H2,1-2H3,(H,24,25)(H,20,21,22). The molecule has 2 aromatic rings. The number of anilines is 3. The van der Waals surface area contributed by atoms with Crippen molar-refractivity contribution in [2.75, 3.05) is 23.3 Å². The summed E-state index contributed by atoms with van der Waals surface area (Å²) in [7, 11) is 0. The third-order valence-corrected chi connectivity index (χ3v) is 4.78. The van der Waals surface area contributed by atoms with Crippen LogP contribution < -0.4 is 10.2 Å². The minimum absolute atomic E-state index is 0.260. The highest BCUT2D eigenvalue weighted by Crippen LogP contribution is 2.30. The summed E-state index contributed by atoms with van der Waals surface area (Å²) in [4.78, 5) is 22.0. The molecule has 1 aliphatic rings. The number of aryl methyl sites for hydroxylation is 2. The van der Waals surface area contributed by atoms with Crippen molar-refractivity contribution in [3.63, 3.8) is 0 Å². The average molecular weight is 361 g/mol. The molecule has 1 saturated heterocycles. The second-order valence-corrected chi connectivity index (χ2v) is 6.81. The van der Waals surface area contributed by atoms with Gasteiger partial charge in [-0.2, -0.15) is 4.98 Å². The number of aromatic nitrogens is 2. The highest BCUT2D eigenvalue weighted by molar-refractivity contribution is 6.33. The predicted octanol–water partition coefficient (Wildman–Crippen LogP) is 3.79. The maximum atomic E-state index is 11.1. The first-order chi connectivity index (χ1) is 11.9. The zero-order chi connectivity index (χ0) is 18.0. The molecule has 0 bridgehead atoms. The van der Waals surface area contributed by atoms with E-state index in [9.17, 15) is 4.79 Å². The number of benzene rings is 1. The van der Waals surface area contributed by atoms with Gasteiger partial charge in [-0.3, -0.25) is 4.79 Å². The van der Waals surface area contributed by atoms with Crippen LogP contribution in [0.3, 0.4) is 0 Å². The van der Waals surface area contributed by atoms with E-state index in [2.05, 4.69) is 26.3 Å². The molecule has 2 N–H and O–H groups in total. The number of carboxylic acids is 1. The molecular weight excluding hydrogens is 340 g/mol. The summed E-state index contributed by atoms with van der Waals surface area (Å²) >= 11 is 6.33. The van der Waals surface area contributed by atoms with Crippen LogP contribution in [0.15, 0.2) is 24.4 Å². The minimum atomic E-state index is -0.714. The Balaban J connectivity index is 1.76. The lowest BCUT2D eigenvalue weighted by atomic mass is 9.97. The number of aliphatic carboxylic acids is 1. The summed E-state index contributed by atoms with van der Waals surface area (Å²) in [6, 6.07) is 5.79. The number of carboxylic acid groups (broad SMARTS) is 1. The number of nitrogens with one attached hydrogen (secondary N) is 1. The van der Waals surface area contributed by atoms with Gasteiger partial charge in [-0.1, -0.05) is 17.7 Å². The first-order valence-corrected chi connectivity index (χ1v) is 8.66. The van der Waals surface area contributed by atoms with Gasteiger partial charge in [0.05, 0.1) is 16.6 Å². The van der Waals surface area contributed by atoms with Crippen molar-refractivity contribution in [1.29, 1.82) is 0 Å². The molecule has 0 saturated carbocycles. The van der Waals surface area contributed by atoms with Gasteiger partial charge < -0.3 is 15.3 Å². The molecule has 0 aliphatic carbocycles. The van der Waals surface area contributed by atoms with Crippen LogP contribution in [0.2, 0.25) is 5.02 Å². The topological polar surface area (TPSA) is 78.4 Å². The van der Waals surface area contributed by atoms with Crippen molar-refractivity contribution in [2.45, 2.75) is 26.7 Å². The maximum absolute atomic E-state index is 11.1. The van der Waals surface area contributed by atoms with Crippen molar-refractivity contribution in [3.05, 3.63) is 40.5 Å². The Bertz CT molecular complexity index is 765. The molecular formula is C18H21ClN4O2. The second-order valence-electron chi connectivity index (χ2n) is 6.40. The number of halogens is 1. The van der Waals surface area contributed by atoms with E-state index in [1.54, 1.807) is 6.20 Å². The molecule has 6 nitrogen and oxygen atoms in total. The van der Waals surface area contributed by atoms with Crippen molar-refractivity contribution >= 4 is 35.0 Å². The van der Waals surface area contributed by atoms with Gasteiger partial charge in [-0.25, -0.2) is 4.98 Å². The van der Waals surface area contributed by atoms with Gasteiger partial charge in [0.2, 0.25) is 5.95 Å². The van der Waals surface area contributed by atoms with E-state index in [1.807, 2.05) is 26.0 Å². The number of piperidine rings is 1. The van der Waals surface area contributed by atoms with Crippen LogP contribution in [0.1, 0.15) is 24.0 Å². The smallest absolute Gasteiger partial charge is 0.306 e. The van der Waals surface area contributed by atoms with Crippen LogP contribution in [0.25, 0.3) is 0 Å². The molecule has 1 aromatic heterocycles. The maximum Gasteiger partial charge on any atom is 0.306 e. The van der Waals surface area contributed by atoms with Crippen LogP contribution in [-0.4, -0.2) is 34.1 Å². The van der Waals surface area contributed by atoms with Gasteiger partial charge in [-0.15, -0.1) is 0 Å². The summed E-state index contributed by atoms with van der Waals surface area (Å²) in [5.74, 6) is 0.299. The van der Waals surface area contributed by atoms with E-state index in [0.29, 0.717) is 36.9 Å². The third-order valence-electron chi connectivity index (χ3n) is 4.48. The fourth-order valence-electron chi connectivity index (χ4n) is 3.13. The summed E-state index contributed by atoms with van der Waals surface area (Å²) in [6.07, 6.45) is 2.96. The van der Waals surface area contributed by atoms with Gasteiger partial charge >= 0.3 is 5.97 Å². The van der Waals surface area contributed by atoms with Crippen molar-refractivity contribution in [2.24, 2.45) is 5.92 Å². The Morgan fingerprint density at radius 3 is 2.68 bits per heavy atom. The van der Waals surface area contributed by atoms with Gasteiger partial charge in [-0.05, 0) is 49.9 Å². The molecule has 0 amide bonds. The molecule has 0 atom stereocenters. The van der Waals surface area contributed by atoms with Gasteiger partial charge in [0, 0.05) is 19.3 Å². The molecule has 132 valence electrons. The number of hydrogen-bond acceptors (Lipinski definition) is 5. The van der Waals surface area contributed by atoms with Crippen LogP contribution in [-0.2, 0) is 4.79 Å². The number of nitrogens with zero attached hydrogens (tertiary/aromatic N) is 3. The number of rotatable bonds is 4. The van der Waals surface area contributed by atoms with E-state index in [4.69, 9.17) is 16.7 Å². The molecule has 0 radical (unpaired) electrons. The van der Waals surface area contributed by atoms with E-state index < -0.39 is 5.97 Å². The average Bonchev–Trinajstić information content (AvgIpc) is 2.58. The lowest BCUT2D eigenvalue weighted by Gasteiger charge is -2.31. The lowest BCUT2D eigenvalue weighted by Crippen LogP contribution is -2.36. The Morgan fingerprint density at radius 2 is 2.04 bits per heavy atom. The highest BCUT2D eigenvalue weighted by Gasteiger charge is 2.25. The van der Waals surface area contributed by atoms with Gasteiger partial charge in [0.1, 0.15) is 5.82 Å². The predicted molar refractivity (Wildman–Crippen MR) is 98.8 cm³/mol. The van der Waals surface area contributed by atoms with Crippen molar-refractivity contribution < 1.29 is 9.90 Å². The van der Waals surface area contributed by atoms with Gasteiger partial charge in [0.15, 0.2) is 0 Å². The Labute approximate surface area is 151 Å². The van der Waals surface area contributed by atoms with Crippen molar-refractivity contribution in [3.8, 4) is 0 Å². The summed E-state index contributed by atoms with van der Waals surface area (Å²) in [5.41, 5.74) is 2.93. The molecule has 0 unspecified atom stereocenters. The number of carbonyl (C=O) groups is 1. The quantitative estimate of drug-likeness (QED) is 0.863. The summed E-state index contributed by atoms with van der Waals surface area (Å²) < 4.78 is 0. The monoisotopic (exact) mass is 360 g/mol. The SMILES string of the molecule is Cc1cc(C)c(Nc2nccc(N3CCC(C(=O)O)CC3)n2)c(Cl)c1. The molecule has 0 spiro atoms. The molecule has 1 aliphatic heterocycles. The van der Waals surface area contributed by atoms with E-state index in [1.165, 1.54) is 0 Å². The van der Waals surface area contributed by atoms with Crippen LogP contribution >= 0.6 is 11.6 Å². The highest BCUT2D eigenvalue weighted by atomic mass is 35.5. The third kappa shape index (κ3) is 4.02. The fourth-order valence-corrected chi connectivity index (χ4v) is 3.50. The lowest BCUT2D eigenvalue weighted by molar-refractivity contribution is -0.142. The molecule has 1 aromatic carbocycles. The normalized spacial score (nSPS) is 15.2. The zero-order valence-electron chi connectivity index (χ0n) is 14.3. The zero-order valence-corrected chi connectivity index (χ0v) is 15.0. The van der Waals surface area contributed by atoms with Crippen LogP contribution in [0.5, 0.6) is 0 Å². The minimum Gasteiger partial charge on any atom is -0.481 e. The molecule has 1 fully saturated rings. The Morgan fingerprint density at radius 1 is 1.32 bits per heavy atom. The first kappa shape index (κ1) is 17.5. The van der Waals surface area contributed by atoms with Gasteiger partial charge in [0.25, 0.3) is 0 Å². The van der Waals surface area contributed by atoms with Crippen molar-refractivity contribution in [1.82, 2.24) is 9.97 Å². The second kappa shape index (κ2) is 7.27. The fraction of sp³-hybridized carbons (Fsp3) is 0.389. The molecule has 2 heterocycles. The molecule has 3 rings (SSSR count). The van der Waals surface area contributed by atoms with Crippen LogP contribution in [0, 0.1) is 19.8 Å². The first-order valence-electron chi connectivity index (χ1n) is 8.28. The molecule has 25 heavy (non-hydrogen) atoms. The van der Waals surface area contributed by atoms with E-state index >= 15 is 0 Å². The molecule has 7 heteroatoms. The Hall–Kier alpha value is -2.34. The Kier molecular flexibility index (Phi) is 5.08. The van der Waals surface area contributed by atoms with E-state index in [0.717, 1.165) is 22.6 Å². The summed E-state index contributed by atoms with van der Waals surface area (Å²) in [5, 5.41) is 12.9. The summed E-state index contributed by atoms with van der Waals surface area (Å²) in [6.45, 7) is 5.34. The largest absolute Gasteiger partial charge is 0.481 e. The van der Waals surface area contributed by atoms with E-state index in [-0.39, 0.29) is 5.92 Å².